The molecule has 106 valence electrons. The van der Waals surface area contributed by atoms with Crippen LogP contribution in [0.4, 0.5) is 0 Å². The number of thiazole rings is 1. The molecule has 1 N–H and O–H groups in total. The van der Waals surface area contributed by atoms with Crippen LogP contribution >= 0.6 is 11.3 Å². The van der Waals surface area contributed by atoms with Gasteiger partial charge < -0.3 is 5.32 Å². The third-order valence-corrected chi connectivity index (χ3v) is 5.30. The molecule has 1 aromatic heterocycles. The molecule has 1 aliphatic carbocycles. The lowest BCUT2D eigenvalue weighted by Gasteiger charge is -2.17. The Labute approximate surface area is 125 Å². The average molecular weight is 286 g/mol. The van der Waals surface area contributed by atoms with Crippen LogP contribution in [-0.2, 0) is 0 Å². The molecular formula is C17H22N2S. The number of nitrogens with zero attached hydrogens (tertiary/aromatic N) is 1. The van der Waals surface area contributed by atoms with Crippen molar-refractivity contribution in [3.05, 3.63) is 51.5 Å². The minimum absolute atomic E-state index is 0.469. The Morgan fingerprint density at radius 1 is 1.30 bits per heavy atom. The molecule has 0 aliphatic heterocycles. The molecule has 2 aromatic rings. The van der Waals surface area contributed by atoms with E-state index in [0.29, 0.717) is 12.0 Å². The van der Waals surface area contributed by atoms with Gasteiger partial charge in [-0.15, -0.1) is 11.3 Å². The van der Waals surface area contributed by atoms with Gasteiger partial charge in [-0.05, 0) is 44.2 Å². The first kappa shape index (κ1) is 13.8. The lowest BCUT2D eigenvalue weighted by molar-refractivity contribution is 0.492. The van der Waals surface area contributed by atoms with Gasteiger partial charge in [0, 0.05) is 10.9 Å². The molecule has 1 heterocycles. The van der Waals surface area contributed by atoms with Gasteiger partial charge in [-0.25, -0.2) is 4.98 Å². The van der Waals surface area contributed by atoms with Crippen LogP contribution in [0.25, 0.3) is 0 Å². The van der Waals surface area contributed by atoms with Crippen molar-refractivity contribution in [1.29, 1.82) is 0 Å². The highest BCUT2D eigenvalue weighted by atomic mass is 32.1. The summed E-state index contributed by atoms with van der Waals surface area (Å²) in [7, 11) is 0. The van der Waals surface area contributed by atoms with E-state index in [4.69, 9.17) is 0 Å². The topological polar surface area (TPSA) is 24.9 Å². The summed E-state index contributed by atoms with van der Waals surface area (Å²) >= 11 is 1.85. The quantitative estimate of drug-likeness (QED) is 0.890. The van der Waals surface area contributed by atoms with Gasteiger partial charge in [-0.3, -0.25) is 0 Å². The van der Waals surface area contributed by atoms with Crippen LogP contribution in [0.3, 0.4) is 0 Å². The molecule has 0 saturated heterocycles. The largest absolute Gasteiger partial charge is 0.309 e. The fourth-order valence-corrected chi connectivity index (χ4v) is 4.24. The Kier molecular flexibility index (Phi) is 3.90. The highest BCUT2D eigenvalue weighted by molar-refractivity contribution is 7.11. The van der Waals surface area contributed by atoms with Crippen molar-refractivity contribution in [2.75, 3.05) is 6.54 Å². The Morgan fingerprint density at radius 2 is 2.05 bits per heavy atom. The highest BCUT2D eigenvalue weighted by Crippen LogP contribution is 2.55. The summed E-state index contributed by atoms with van der Waals surface area (Å²) in [5.74, 6) is 1.43. The molecule has 20 heavy (non-hydrogen) atoms. The number of nitrogens with one attached hydrogen (secondary N) is 1. The third kappa shape index (κ3) is 2.65. The molecule has 0 radical (unpaired) electrons. The smallest absolute Gasteiger partial charge is 0.0900 e. The van der Waals surface area contributed by atoms with Crippen LogP contribution in [0.1, 0.15) is 46.4 Å². The van der Waals surface area contributed by atoms with Gasteiger partial charge in [0.2, 0.25) is 0 Å². The van der Waals surface area contributed by atoms with Crippen molar-refractivity contribution < 1.29 is 0 Å². The van der Waals surface area contributed by atoms with Crippen molar-refractivity contribution in [2.45, 2.75) is 39.2 Å². The maximum absolute atomic E-state index is 4.60. The molecule has 1 saturated carbocycles. The van der Waals surface area contributed by atoms with Gasteiger partial charge >= 0.3 is 0 Å². The standard InChI is InChI=1S/C17H22N2S/c1-4-18-16(17-11(2)19-12(3)20-17)15-10-14(15)13-8-6-5-7-9-13/h5-9,14-16,18H,4,10H2,1-3H3. The molecule has 1 aromatic carbocycles. The van der Waals surface area contributed by atoms with Crippen molar-refractivity contribution >= 4 is 11.3 Å². The summed E-state index contributed by atoms with van der Waals surface area (Å²) in [4.78, 5) is 6.04. The first-order valence-electron chi connectivity index (χ1n) is 7.43. The molecule has 1 fully saturated rings. The van der Waals surface area contributed by atoms with Gasteiger partial charge in [-0.1, -0.05) is 37.3 Å². The van der Waals surface area contributed by atoms with E-state index in [9.17, 15) is 0 Å². The Hall–Kier alpha value is -1.19. The zero-order valence-electron chi connectivity index (χ0n) is 12.4. The van der Waals surface area contributed by atoms with E-state index in [1.54, 1.807) is 0 Å². The summed E-state index contributed by atoms with van der Waals surface area (Å²) in [5, 5.41) is 4.86. The van der Waals surface area contributed by atoms with Gasteiger partial charge in [0.25, 0.3) is 0 Å². The monoisotopic (exact) mass is 286 g/mol. The Balaban J connectivity index is 1.81. The number of aryl methyl sites for hydroxylation is 2. The summed E-state index contributed by atoms with van der Waals surface area (Å²) in [6, 6.07) is 11.4. The zero-order valence-corrected chi connectivity index (χ0v) is 13.2. The van der Waals surface area contributed by atoms with E-state index < -0.39 is 0 Å². The molecule has 3 unspecified atom stereocenters. The van der Waals surface area contributed by atoms with E-state index >= 15 is 0 Å². The molecule has 0 amide bonds. The maximum Gasteiger partial charge on any atom is 0.0900 e. The first-order valence-corrected chi connectivity index (χ1v) is 8.24. The molecule has 0 bridgehead atoms. The molecule has 2 nitrogen and oxygen atoms in total. The maximum atomic E-state index is 4.60. The summed E-state index contributed by atoms with van der Waals surface area (Å²) in [5.41, 5.74) is 2.69. The number of rotatable bonds is 5. The zero-order chi connectivity index (χ0) is 14.1. The number of benzene rings is 1. The molecule has 3 atom stereocenters. The van der Waals surface area contributed by atoms with Crippen LogP contribution < -0.4 is 5.32 Å². The normalized spacial score (nSPS) is 22.8. The van der Waals surface area contributed by atoms with Crippen LogP contribution in [0.2, 0.25) is 0 Å². The lowest BCUT2D eigenvalue weighted by atomic mass is 10.0. The summed E-state index contributed by atoms with van der Waals surface area (Å²) in [6.07, 6.45) is 1.29. The Morgan fingerprint density at radius 3 is 2.65 bits per heavy atom. The van der Waals surface area contributed by atoms with Crippen LogP contribution in [-0.4, -0.2) is 11.5 Å². The van der Waals surface area contributed by atoms with E-state index in [0.717, 1.165) is 12.5 Å². The van der Waals surface area contributed by atoms with Crippen molar-refractivity contribution in [3.63, 3.8) is 0 Å². The van der Waals surface area contributed by atoms with E-state index in [2.05, 4.69) is 61.4 Å². The molecule has 1 aliphatic rings. The number of hydrogen-bond donors (Lipinski definition) is 1. The second-order valence-corrected chi connectivity index (χ2v) is 6.87. The predicted octanol–water partition coefficient (Wildman–Crippen LogP) is 4.21. The average Bonchev–Trinajstić information content (AvgIpc) is 3.17. The molecule has 3 heteroatoms. The van der Waals surface area contributed by atoms with Crippen molar-refractivity contribution in [1.82, 2.24) is 10.3 Å². The molecule has 0 spiro atoms. The third-order valence-electron chi connectivity index (χ3n) is 4.14. The van der Waals surface area contributed by atoms with Crippen LogP contribution in [0, 0.1) is 19.8 Å². The van der Waals surface area contributed by atoms with Crippen LogP contribution in [0.5, 0.6) is 0 Å². The Bertz CT molecular complexity index is 576. The van der Waals surface area contributed by atoms with E-state index in [-0.39, 0.29) is 0 Å². The molecular weight excluding hydrogens is 264 g/mol. The minimum atomic E-state index is 0.469. The summed E-state index contributed by atoms with van der Waals surface area (Å²) in [6.45, 7) is 7.45. The SMILES string of the molecule is CCNC(c1sc(C)nc1C)C1CC1c1ccccc1. The highest BCUT2D eigenvalue weighted by Gasteiger charge is 2.45. The second kappa shape index (κ2) is 5.66. The number of hydrogen-bond acceptors (Lipinski definition) is 3. The predicted molar refractivity (Wildman–Crippen MR) is 85.3 cm³/mol. The van der Waals surface area contributed by atoms with E-state index in [1.165, 1.54) is 27.6 Å². The summed E-state index contributed by atoms with van der Waals surface area (Å²) < 4.78 is 0. The fraction of sp³-hybridized carbons (Fsp3) is 0.471. The second-order valence-electron chi connectivity index (χ2n) is 5.63. The minimum Gasteiger partial charge on any atom is -0.309 e. The first-order chi connectivity index (χ1) is 9.70. The van der Waals surface area contributed by atoms with Gasteiger partial charge in [0.15, 0.2) is 0 Å². The van der Waals surface area contributed by atoms with Crippen LogP contribution in [0.15, 0.2) is 30.3 Å². The van der Waals surface area contributed by atoms with Crippen molar-refractivity contribution in [3.8, 4) is 0 Å². The van der Waals surface area contributed by atoms with Gasteiger partial charge in [-0.2, -0.15) is 0 Å². The van der Waals surface area contributed by atoms with Gasteiger partial charge in [0.05, 0.1) is 10.7 Å². The van der Waals surface area contributed by atoms with Gasteiger partial charge in [0.1, 0.15) is 0 Å². The number of aromatic nitrogens is 1. The fourth-order valence-electron chi connectivity index (χ4n) is 3.16. The lowest BCUT2D eigenvalue weighted by Crippen LogP contribution is -2.23. The molecule has 3 rings (SSSR count). The van der Waals surface area contributed by atoms with Crippen molar-refractivity contribution in [2.24, 2.45) is 5.92 Å². The van der Waals surface area contributed by atoms with E-state index in [1.807, 2.05) is 11.3 Å².